The number of nitrogens with two attached hydrogens (primary N) is 1. The lowest BCUT2D eigenvalue weighted by atomic mass is 10.1. The summed E-state index contributed by atoms with van der Waals surface area (Å²) in [6, 6.07) is 12.1. The van der Waals surface area contributed by atoms with Gasteiger partial charge in [-0.1, -0.05) is 0 Å². The molecular formula is C21H19FN4O4. The first-order chi connectivity index (χ1) is 14.4. The number of anilines is 3. The molecule has 1 aliphatic heterocycles. The number of hydrogen-bond donors (Lipinski definition) is 3. The fourth-order valence-electron chi connectivity index (χ4n) is 3.34. The minimum absolute atomic E-state index is 0.125. The largest absolute Gasteiger partial charge is 0.383 e. The molecule has 1 fully saturated rings. The molecule has 30 heavy (non-hydrogen) atoms. The number of aliphatic hydroxyl groups is 1. The molecule has 3 aromatic rings. The van der Waals surface area contributed by atoms with Crippen LogP contribution in [0.1, 0.15) is 0 Å². The number of amides is 2. The van der Waals surface area contributed by atoms with Crippen LogP contribution in [0.4, 0.5) is 21.6 Å². The van der Waals surface area contributed by atoms with E-state index < -0.39 is 29.8 Å². The maximum atomic E-state index is 13.2. The van der Waals surface area contributed by atoms with Gasteiger partial charge in [0.1, 0.15) is 11.6 Å². The van der Waals surface area contributed by atoms with Crippen molar-refractivity contribution in [1.82, 2.24) is 4.98 Å². The third-order valence-corrected chi connectivity index (χ3v) is 4.88. The number of pyridine rings is 1. The number of aliphatic hydroxyl groups excluding tert-OH is 1. The van der Waals surface area contributed by atoms with Gasteiger partial charge in [0.05, 0.1) is 6.61 Å². The summed E-state index contributed by atoms with van der Waals surface area (Å²) in [5, 5.41) is 14.5. The third-order valence-electron chi connectivity index (χ3n) is 4.88. The molecule has 2 aromatic carbocycles. The topological polar surface area (TPSA) is 118 Å². The summed E-state index contributed by atoms with van der Waals surface area (Å²) in [4.78, 5) is 30.7. The Balaban J connectivity index is 1.49. The number of hydrogen-bond acceptors (Lipinski definition) is 6. The Morgan fingerprint density at radius 2 is 2.03 bits per heavy atom. The highest BCUT2D eigenvalue weighted by Gasteiger charge is 2.39. The molecule has 1 aromatic heterocycles. The number of nitrogens with zero attached hydrogens (tertiary/aromatic N) is 2. The van der Waals surface area contributed by atoms with E-state index in [9.17, 15) is 19.1 Å². The van der Waals surface area contributed by atoms with E-state index in [1.165, 1.54) is 29.2 Å². The summed E-state index contributed by atoms with van der Waals surface area (Å²) < 4.78 is 18.5. The lowest BCUT2D eigenvalue weighted by molar-refractivity contribution is -0.150. The van der Waals surface area contributed by atoms with Crippen molar-refractivity contribution in [3.63, 3.8) is 0 Å². The predicted octanol–water partition coefficient (Wildman–Crippen LogP) is 1.69. The molecule has 8 nitrogen and oxygen atoms in total. The number of nitrogen functional groups attached to an aromatic ring is 1. The second kappa shape index (κ2) is 8.05. The van der Waals surface area contributed by atoms with Crippen LogP contribution in [0.3, 0.4) is 0 Å². The van der Waals surface area contributed by atoms with Gasteiger partial charge in [-0.3, -0.25) is 9.59 Å². The highest BCUT2D eigenvalue weighted by atomic mass is 19.1. The number of carbonyl (C=O) groups is 2. The molecule has 0 radical (unpaired) electrons. The highest BCUT2D eigenvalue weighted by molar-refractivity contribution is 6.04. The van der Waals surface area contributed by atoms with E-state index in [-0.39, 0.29) is 13.2 Å². The number of halogens is 1. The quantitative estimate of drug-likeness (QED) is 0.603. The number of ether oxygens (including phenoxy) is 1. The molecule has 4 rings (SSSR count). The molecule has 0 spiro atoms. The maximum absolute atomic E-state index is 13.2. The summed E-state index contributed by atoms with van der Waals surface area (Å²) in [6.45, 7) is 0.357. The zero-order valence-electron chi connectivity index (χ0n) is 15.8. The molecule has 2 amide bonds. The molecule has 154 valence electrons. The smallest absolute Gasteiger partial charge is 0.259 e. The van der Waals surface area contributed by atoms with Gasteiger partial charge in [-0.2, -0.15) is 0 Å². The number of nitrogens with one attached hydrogen (secondary N) is 1. The van der Waals surface area contributed by atoms with Crippen LogP contribution in [0.25, 0.3) is 10.8 Å². The molecule has 1 unspecified atom stereocenters. The van der Waals surface area contributed by atoms with Crippen LogP contribution in [0, 0.1) is 5.82 Å². The lowest BCUT2D eigenvalue weighted by Crippen LogP contribution is -2.55. The summed E-state index contributed by atoms with van der Waals surface area (Å²) in [6.07, 6.45) is -1.54. The Morgan fingerprint density at radius 1 is 1.27 bits per heavy atom. The molecule has 4 N–H and O–H groups in total. The standard InChI is InChI=1S/C21H19FN4O4/c22-13-1-4-15(5-2-13)26-9-10-30-18(21(26)29)17(27)20(28)25-14-3-6-16-12(11-14)7-8-24-19(16)23/h1-8,11,17-18,27H,9-10H2,(H2,23,24)(H,25,28)/t17?,18-/m1/s1. The van der Waals surface area contributed by atoms with E-state index in [2.05, 4.69) is 10.3 Å². The molecule has 2 atom stereocenters. The first-order valence-corrected chi connectivity index (χ1v) is 9.26. The number of aromatic nitrogens is 1. The molecule has 0 saturated carbocycles. The minimum Gasteiger partial charge on any atom is -0.383 e. The highest BCUT2D eigenvalue weighted by Crippen LogP contribution is 2.24. The second-order valence-electron chi connectivity index (χ2n) is 6.82. The van der Waals surface area contributed by atoms with Crippen molar-refractivity contribution < 1.29 is 23.8 Å². The van der Waals surface area contributed by atoms with E-state index in [1.54, 1.807) is 30.5 Å². The minimum atomic E-state index is -1.72. The molecule has 9 heteroatoms. The van der Waals surface area contributed by atoms with Crippen LogP contribution in [0.5, 0.6) is 0 Å². The normalized spacial score (nSPS) is 17.7. The Bertz CT molecular complexity index is 1110. The van der Waals surface area contributed by atoms with E-state index in [1.807, 2.05) is 0 Å². The van der Waals surface area contributed by atoms with Gasteiger partial charge in [-0.15, -0.1) is 0 Å². The number of benzene rings is 2. The zero-order chi connectivity index (χ0) is 21.3. The molecule has 1 saturated heterocycles. The van der Waals surface area contributed by atoms with Crippen LogP contribution < -0.4 is 16.0 Å². The van der Waals surface area contributed by atoms with Gasteiger partial charge in [-0.25, -0.2) is 9.37 Å². The average Bonchev–Trinajstić information content (AvgIpc) is 2.74. The van der Waals surface area contributed by atoms with Gasteiger partial charge in [0, 0.05) is 29.5 Å². The van der Waals surface area contributed by atoms with Crippen LogP contribution in [-0.4, -0.2) is 47.3 Å². The van der Waals surface area contributed by atoms with Crippen LogP contribution in [0.2, 0.25) is 0 Å². The SMILES string of the molecule is Nc1nccc2cc(NC(=O)C(O)[C@H]3OCCN(c4ccc(F)cc4)C3=O)ccc12. The number of fused-ring (bicyclic) bond motifs is 1. The van der Waals surface area contributed by atoms with Crippen molar-refractivity contribution in [2.24, 2.45) is 0 Å². The monoisotopic (exact) mass is 410 g/mol. The average molecular weight is 410 g/mol. The third kappa shape index (κ3) is 3.80. The Morgan fingerprint density at radius 3 is 2.80 bits per heavy atom. The van der Waals surface area contributed by atoms with Crippen molar-refractivity contribution in [2.45, 2.75) is 12.2 Å². The van der Waals surface area contributed by atoms with E-state index >= 15 is 0 Å². The zero-order valence-corrected chi connectivity index (χ0v) is 15.8. The second-order valence-corrected chi connectivity index (χ2v) is 6.82. The van der Waals surface area contributed by atoms with E-state index in [4.69, 9.17) is 10.5 Å². The van der Waals surface area contributed by atoms with Gasteiger partial charge < -0.3 is 25.8 Å². The van der Waals surface area contributed by atoms with E-state index in [0.29, 0.717) is 17.2 Å². The van der Waals surface area contributed by atoms with Crippen molar-refractivity contribution in [3.05, 3.63) is 60.5 Å². The fourth-order valence-corrected chi connectivity index (χ4v) is 3.34. The summed E-state index contributed by atoms with van der Waals surface area (Å²) in [5.41, 5.74) is 6.71. The summed E-state index contributed by atoms with van der Waals surface area (Å²) >= 11 is 0. The van der Waals surface area contributed by atoms with Gasteiger partial charge in [0.15, 0.2) is 12.2 Å². The maximum Gasteiger partial charge on any atom is 0.259 e. The number of carbonyl (C=O) groups excluding carboxylic acids is 2. The molecular weight excluding hydrogens is 391 g/mol. The number of morpholine rings is 1. The first kappa shape index (κ1) is 19.7. The predicted molar refractivity (Wildman–Crippen MR) is 109 cm³/mol. The van der Waals surface area contributed by atoms with Gasteiger partial charge in [0.25, 0.3) is 11.8 Å². The Hall–Kier alpha value is -3.56. The molecule has 1 aliphatic rings. The van der Waals surface area contributed by atoms with Crippen LogP contribution >= 0.6 is 0 Å². The van der Waals surface area contributed by atoms with Gasteiger partial charge >= 0.3 is 0 Å². The van der Waals surface area contributed by atoms with Gasteiger partial charge in [-0.05, 0) is 53.9 Å². The lowest BCUT2D eigenvalue weighted by Gasteiger charge is -2.34. The summed E-state index contributed by atoms with van der Waals surface area (Å²) in [7, 11) is 0. The Kier molecular flexibility index (Phi) is 5.30. The van der Waals surface area contributed by atoms with Crippen molar-refractivity contribution in [3.8, 4) is 0 Å². The van der Waals surface area contributed by atoms with Crippen molar-refractivity contribution >= 4 is 39.8 Å². The van der Waals surface area contributed by atoms with Crippen LogP contribution in [0.15, 0.2) is 54.7 Å². The molecule has 0 bridgehead atoms. The fraction of sp³-hybridized carbons (Fsp3) is 0.190. The molecule has 2 heterocycles. The van der Waals surface area contributed by atoms with Gasteiger partial charge in [0.2, 0.25) is 0 Å². The Labute approximate surface area is 171 Å². The first-order valence-electron chi connectivity index (χ1n) is 9.26. The van der Waals surface area contributed by atoms with Crippen molar-refractivity contribution in [2.75, 3.05) is 29.1 Å². The van der Waals surface area contributed by atoms with Crippen LogP contribution in [-0.2, 0) is 14.3 Å². The van der Waals surface area contributed by atoms with E-state index in [0.717, 1.165) is 10.8 Å². The molecule has 0 aliphatic carbocycles. The summed E-state index contributed by atoms with van der Waals surface area (Å²) in [5.74, 6) is -1.42. The van der Waals surface area contributed by atoms with Crippen molar-refractivity contribution in [1.29, 1.82) is 0 Å². The number of rotatable bonds is 4.